The Morgan fingerprint density at radius 2 is 2.08 bits per heavy atom. The van der Waals surface area contributed by atoms with Crippen molar-refractivity contribution in [3.8, 4) is 0 Å². The molecule has 0 radical (unpaired) electrons. The number of aromatic nitrogens is 2. The van der Waals surface area contributed by atoms with E-state index in [9.17, 15) is 4.79 Å². The van der Waals surface area contributed by atoms with Crippen molar-refractivity contribution in [3.05, 3.63) is 16.3 Å². The molecular weight excluding hydrogens is 350 g/mol. The van der Waals surface area contributed by atoms with Crippen LogP contribution in [0.25, 0.3) is 10.2 Å². The zero-order valence-electron chi connectivity index (χ0n) is 15.8. The fourth-order valence-corrected chi connectivity index (χ4v) is 5.35. The number of fused-ring (bicyclic) bond motifs is 1. The fourth-order valence-electron chi connectivity index (χ4n) is 3.27. The number of nitrogens with zero attached hydrogens (tertiary/aromatic N) is 3. The lowest BCUT2D eigenvalue weighted by Crippen LogP contribution is -2.42. The summed E-state index contributed by atoms with van der Waals surface area (Å²) in [6.07, 6.45) is 3.48. The minimum atomic E-state index is 0.236. The number of hydrogen-bond acceptors (Lipinski definition) is 5. The van der Waals surface area contributed by atoms with E-state index in [0.717, 1.165) is 40.5 Å². The lowest BCUT2D eigenvalue weighted by atomic mass is 10.0. The zero-order valence-corrected chi connectivity index (χ0v) is 17.4. The van der Waals surface area contributed by atoms with Gasteiger partial charge in [0.25, 0.3) is 0 Å². The molecule has 2 aromatic rings. The summed E-state index contributed by atoms with van der Waals surface area (Å²) < 4.78 is 0. The van der Waals surface area contributed by atoms with Crippen LogP contribution in [-0.4, -0.2) is 39.1 Å². The minimum absolute atomic E-state index is 0.236. The van der Waals surface area contributed by atoms with Gasteiger partial charge in [0.05, 0.1) is 5.75 Å². The van der Waals surface area contributed by atoms with Crippen LogP contribution >= 0.6 is 23.1 Å². The summed E-state index contributed by atoms with van der Waals surface area (Å²) >= 11 is 3.30. The molecular formula is C19H27N3OS2. The highest BCUT2D eigenvalue weighted by Crippen LogP contribution is 2.36. The van der Waals surface area contributed by atoms with Gasteiger partial charge in [0.15, 0.2) is 0 Å². The lowest BCUT2D eigenvalue weighted by molar-refractivity contribution is -0.131. The van der Waals surface area contributed by atoms with E-state index >= 15 is 0 Å². The Morgan fingerprint density at radius 1 is 1.32 bits per heavy atom. The lowest BCUT2D eigenvalue weighted by Gasteiger charge is -2.33. The first kappa shape index (κ1) is 18.6. The van der Waals surface area contributed by atoms with Crippen LogP contribution in [0.3, 0.4) is 0 Å². The molecule has 6 heteroatoms. The average molecular weight is 378 g/mol. The molecule has 0 spiro atoms. The third kappa shape index (κ3) is 3.85. The molecule has 25 heavy (non-hydrogen) atoms. The Hall–Kier alpha value is -1.14. The van der Waals surface area contributed by atoms with E-state index < -0.39 is 0 Å². The summed E-state index contributed by atoms with van der Waals surface area (Å²) in [6.45, 7) is 11.5. The maximum Gasteiger partial charge on any atom is 0.233 e. The van der Waals surface area contributed by atoms with Gasteiger partial charge in [0.2, 0.25) is 5.91 Å². The Labute approximate surface area is 158 Å². The summed E-state index contributed by atoms with van der Waals surface area (Å²) in [5.41, 5.74) is 1.25. The maximum atomic E-state index is 12.7. The normalized spacial score (nSPS) is 18.3. The molecule has 2 aromatic heterocycles. The standard InChI is InChI=1S/C19H27N3OS2/c1-11(2)17-20-18(16-13(4)14(5)25-19(16)21-17)24-10-15(23)22-9-7-6-8-12(22)3/h11-12H,6-10H2,1-5H3. The van der Waals surface area contributed by atoms with Crippen LogP contribution in [0, 0.1) is 13.8 Å². The number of carbonyl (C=O) groups excluding carboxylic acids is 1. The molecule has 0 aromatic carbocycles. The van der Waals surface area contributed by atoms with Gasteiger partial charge in [-0.25, -0.2) is 9.97 Å². The number of rotatable bonds is 4. The smallest absolute Gasteiger partial charge is 0.233 e. The van der Waals surface area contributed by atoms with Crippen LogP contribution in [0.2, 0.25) is 0 Å². The maximum absolute atomic E-state index is 12.7. The first-order chi connectivity index (χ1) is 11.9. The number of likely N-dealkylation sites (tertiary alicyclic amines) is 1. The number of amides is 1. The number of thiophene rings is 1. The minimum Gasteiger partial charge on any atom is -0.339 e. The van der Waals surface area contributed by atoms with Gasteiger partial charge in [-0.15, -0.1) is 11.3 Å². The van der Waals surface area contributed by atoms with Crippen molar-refractivity contribution < 1.29 is 4.79 Å². The predicted octanol–water partition coefficient (Wildman–Crippen LogP) is 4.92. The van der Waals surface area contributed by atoms with Crippen molar-refractivity contribution in [1.29, 1.82) is 0 Å². The molecule has 0 bridgehead atoms. The SMILES string of the molecule is Cc1sc2nc(C(C)C)nc(SCC(=O)N3CCCCC3C)c2c1C. The van der Waals surface area contributed by atoms with Gasteiger partial charge in [-0.1, -0.05) is 25.6 Å². The number of carbonyl (C=O) groups is 1. The van der Waals surface area contributed by atoms with E-state index in [-0.39, 0.29) is 11.8 Å². The monoisotopic (exact) mass is 377 g/mol. The molecule has 1 fully saturated rings. The molecule has 3 rings (SSSR count). The van der Waals surface area contributed by atoms with Crippen molar-refractivity contribution in [2.75, 3.05) is 12.3 Å². The van der Waals surface area contributed by atoms with Crippen LogP contribution in [0.5, 0.6) is 0 Å². The summed E-state index contributed by atoms with van der Waals surface area (Å²) in [5.74, 6) is 1.85. The van der Waals surface area contributed by atoms with E-state index in [4.69, 9.17) is 9.97 Å². The van der Waals surface area contributed by atoms with Gasteiger partial charge < -0.3 is 4.90 Å². The first-order valence-electron chi connectivity index (χ1n) is 9.08. The Morgan fingerprint density at radius 3 is 2.76 bits per heavy atom. The molecule has 4 nitrogen and oxygen atoms in total. The van der Waals surface area contributed by atoms with Gasteiger partial charge in [-0.05, 0) is 45.6 Å². The van der Waals surface area contributed by atoms with E-state index in [0.29, 0.717) is 11.8 Å². The highest BCUT2D eigenvalue weighted by molar-refractivity contribution is 8.00. The highest BCUT2D eigenvalue weighted by Gasteiger charge is 2.24. The highest BCUT2D eigenvalue weighted by atomic mass is 32.2. The zero-order chi connectivity index (χ0) is 18.1. The molecule has 0 N–H and O–H groups in total. The van der Waals surface area contributed by atoms with Crippen molar-refractivity contribution in [1.82, 2.24) is 14.9 Å². The predicted molar refractivity (Wildman–Crippen MR) is 107 cm³/mol. The average Bonchev–Trinajstić information content (AvgIpc) is 2.87. The molecule has 1 amide bonds. The summed E-state index contributed by atoms with van der Waals surface area (Å²) in [7, 11) is 0. The molecule has 0 saturated carbocycles. The van der Waals surface area contributed by atoms with Gasteiger partial charge in [-0.3, -0.25) is 4.79 Å². The van der Waals surface area contributed by atoms with E-state index in [1.807, 2.05) is 4.90 Å². The van der Waals surface area contributed by atoms with Crippen LogP contribution in [0.1, 0.15) is 62.2 Å². The fraction of sp³-hybridized carbons (Fsp3) is 0.632. The van der Waals surface area contributed by atoms with Gasteiger partial charge in [-0.2, -0.15) is 0 Å². The topological polar surface area (TPSA) is 46.1 Å². The van der Waals surface area contributed by atoms with Gasteiger partial charge in [0, 0.05) is 28.8 Å². The Balaban J connectivity index is 1.86. The van der Waals surface area contributed by atoms with Crippen molar-refractivity contribution in [3.63, 3.8) is 0 Å². The number of aryl methyl sites for hydroxylation is 2. The molecule has 0 aliphatic carbocycles. The molecule has 1 aliphatic rings. The second-order valence-corrected chi connectivity index (χ2v) is 9.39. The third-order valence-electron chi connectivity index (χ3n) is 4.98. The van der Waals surface area contributed by atoms with Crippen LogP contribution < -0.4 is 0 Å². The van der Waals surface area contributed by atoms with E-state index in [1.165, 1.54) is 16.9 Å². The number of hydrogen-bond donors (Lipinski definition) is 0. The summed E-state index contributed by atoms with van der Waals surface area (Å²) in [5, 5.41) is 2.10. The quantitative estimate of drug-likeness (QED) is 0.560. The van der Waals surface area contributed by atoms with Crippen LogP contribution in [0.4, 0.5) is 0 Å². The largest absolute Gasteiger partial charge is 0.339 e. The van der Waals surface area contributed by atoms with E-state index in [1.54, 1.807) is 23.1 Å². The van der Waals surface area contributed by atoms with E-state index in [2.05, 4.69) is 34.6 Å². The van der Waals surface area contributed by atoms with Crippen molar-refractivity contribution in [2.45, 2.75) is 70.9 Å². The molecule has 1 unspecified atom stereocenters. The second kappa shape index (κ2) is 7.62. The second-order valence-electron chi connectivity index (χ2n) is 7.23. The molecule has 136 valence electrons. The molecule has 1 aliphatic heterocycles. The summed E-state index contributed by atoms with van der Waals surface area (Å²) in [6, 6.07) is 0.364. The van der Waals surface area contributed by atoms with Crippen molar-refractivity contribution >= 4 is 39.2 Å². The molecule has 3 heterocycles. The Kier molecular flexibility index (Phi) is 5.68. The van der Waals surface area contributed by atoms with Gasteiger partial charge >= 0.3 is 0 Å². The van der Waals surface area contributed by atoms with Gasteiger partial charge in [0.1, 0.15) is 15.7 Å². The Bertz CT molecular complexity index is 785. The van der Waals surface area contributed by atoms with Crippen LogP contribution in [-0.2, 0) is 4.79 Å². The first-order valence-corrected chi connectivity index (χ1v) is 10.9. The summed E-state index contributed by atoms with van der Waals surface area (Å²) in [4.78, 5) is 26.6. The molecule has 1 atom stereocenters. The van der Waals surface area contributed by atoms with Crippen LogP contribution in [0.15, 0.2) is 5.03 Å². The molecule has 1 saturated heterocycles. The van der Waals surface area contributed by atoms with Crippen molar-refractivity contribution in [2.24, 2.45) is 0 Å². The number of thioether (sulfide) groups is 1. The third-order valence-corrected chi connectivity index (χ3v) is 7.05. The number of piperidine rings is 1.